The first-order chi connectivity index (χ1) is 12.4. The molecule has 7 nitrogen and oxygen atoms in total. The average Bonchev–Trinajstić information content (AvgIpc) is 3.08. The van der Waals surface area contributed by atoms with Crippen molar-refractivity contribution in [2.24, 2.45) is 12.0 Å². The highest BCUT2D eigenvalue weighted by Crippen LogP contribution is 2.21. The smallest absolute Gasteiger partial charge is 0.191 e. The van der Waals surface area contributed by atoms with Crippen LogP contribution in [0.3, 0.4) is 0 Å². The monoisotopic (exact) mass is 364 g/mol. The molecule has 1 fully saturated rings. The zero-order valence-electron chi connectivity index (χ0n) is 16.8. The van der Waals surface area contributed by atoms with Crippen LogP contribution in [-0.2, 0) is 12.6 Å². The second-order valence-corrected chi connectivity index (χ2v) is 7.57. The first-order valence-electron chi connectivity index (χ1n) is 9.86. The van der Waals surface area contributed by atoms with E-state index in [0.717, 1.165) is 37.2 Å². The summed E-state index contributed by atoms with van der Waals surface area (Å²) < 4.78 is 1.69. The van der Waals surface area contributed by atoms with Crippen LogP contribution in [0, 0.1) is 0 Å². The van der Waals surface area contributed by atoms with E-state index in [9.17, 15) is 5.11 Å². The van der Waals surface area contributed by atoms with Crippen LogP contribution in [-0.4, -0.2) is 65.0 Å². The summed E-state index contributed by atoms with van der Waals surface area (Å²) in [7, 11) is 4.06. The van der Waals surface area contributed by atoms with Crippen LogP contribution in [0.4, 0.5) is 0 Å². The fourth-order valence-electron chi connectivity index (χ4n) is 3.42. The Morgan fingerprint density at radius 3 is 2.73 bits per heavy atom. The second-order valence-electron chi connectivity index (χ2n) is 7.57. The first-order valence-corrected chi connectivity index (χ1v) is 9.86. The Kier molecular flexibility index (Phi) is 7.90. The van der Waals surface area contributed by atoms with Crippen LogP contribution in [0.5, 0.6) is 0 Å². The van der Waals surface area contributed by atoms with Gasteiger partial charge in [0.1, 0.15) is 5.60 Å². The van der Waals surface area contributed by atoms with Crippen LogP contribution in [0.2, 0.25) is 0 Å². The van der Waals surface area contributed by atoms with E-state index in [0.29, 0.717) is 0 Å². The number of guanidine groups is 1. The largest absolute Gasteiger partial charge is 0.383 e. The predicted molar refractivity (Wildman–Crippen MR) is 106 cm³/mol. The molecule has 2 rings (SSSR count). The van der Waals surface area contributed by atoms with Crippen molar-refractivity contribution in [3.8, 4) is 0 Å². The third kappa shape index (κ3) is 6.29. The Bertz CT molecular complexity index is 562. The maximum Gasteiger partial charge on any atom is 0.191 e. The fourth-order valence-corrected chi connectivity index (χ4v) is 3.42. The summed E-state index contributed by atoms with van der Waals surface area (Å²) in [5.74, 6) is 0.744. The van der Waals surface area contributed by atoms with Crippen molar-refractivity contribution in [1.82, 2.24) is 25.3 Å². The van der Waals surface area contributed by atoms with Crippen LogP contribution in [0.25, 0.3) is 0 Å². The molecular formula is C19H36N6O. The van der Waals surface area contributed by atoms with Crippen molar-refractivity contribution >= 4 is 5.96 Å². The van der Waals surface area contributed by atoms with Gasteiger partial charge in [0.25, 0.3) is 0 Å². The molecule has 1 atom stereocenters. The highest BCUT2D eigenvalue weighted by molar-refractivity contribution is 5.79. The summed E-state index contributed by atoms with van der Waals surface area (Å²) >= 11 is 0. The van der Waals surface area contributed by atoms with E-state index < -0.39 is 5.60 Å². The molecule has 1 aliphatic rings. The van der Waals surface area contributed by atoms with Gasteiger partial charge in [0.15, 0.2) is 5.96 Å². The number of nitrogens with one attached hydrogen (secondary N) is 2. The minimum Gasteiger partial charge on any atom is -0.383 e. The van der Waals surface area contributed by atoms with Gasteiger partial charge in [0, 0.05) is 44.5 Å². The van der Waals surface area contributed by atoms with Gasteiger partial charge in [-0.1, -0.05) is 19.3 Å². The second kappa shape index (κ2) is 9.92. The number of likely N-dealkylation sites (N-methyl/N-ethyl adjacent to an activating group) is 1. The lowest BCUT2D eigenvalue weighted by Gasteiger charge is -2.31. The number of aryl methyl sites for hydroxylation is 1. The van der Waals surface area contributed by atoms with Gasteiger partial charge in [-0.2, -0.15) is 5.10 Å². The van der Waals surface area contributed by atoms with Crippen molar-refractivity contribution in [2.75, 3.05) is 33.2 Å². The lowest BCUT2D eigenvalue weighted by atomic mass is 9.94. The zero-order valence-corrected chi connectivity index (χ0v) is 16.8. The molecule has 0 bridgehead atoms. The standard InChI is InChI=1S/C19H36N6O/c1-5-20-18(21-11-12-24(3)17-9-7-6-8-10-17)22-15-19(2,26)16-13-23-25(4)14-16/h13-14,17,26H,5-12,15H2,1-4H3,(H2,20,21,22). The minimum atomic E-state index is -1.03. The highest BCUT2D eigenvalue weighted by atomic mass is 16.3. The minimum absolute atomic E-state index is 0.284. The molecule has 1 aliphatic carbocycles. The predicted octanol–water partition coefficient (Wildman–Crippen LogP) is 1.45. The summed E-state index contributed by atoms with van der Waals surface area (Å²) in [4.78, 5) is 7.03. The summed E-state index contributed by atoms with van der Waals surface area (Å²) in [5.41, 5.74) is -0.258. The molecule has 148 valence electrons. The molecule has 1 saturated carbocycles. The van der Waals surface area contributed by atoms with Gasteiger partial charge in [-0.15, -0.1) is 0 Å². The molecule has 0 spiro atoms. The third-order valence-corrected chi connectivity index (χ3v) is 5.17. The Morgan fingerprint density at radius 1 is 1.38 bits per heavy atom. The van der Waals surface area contributed by atoms with Gasteiger partial charge in [0.2, 0.25) is 0 Å². The van der Waals surface area contributed by atoms with Crippen molar-refractivity contribution in [2.45, 2.75) is 57.6 Å². The van der Waals surface area contributed by atoms with Crippen LogP contribution in [0.15, 0.2) is 17.4 Å². The molecule has 3 N–H and O–H groups in total. The van der Waals surface area contributed by atoms with E-state index in [4.69, 9.17) is 0 Å². The lowest BCUT2D eigenvalue weighted by molar-refractivity contribution is 0.0671. The van der Waals surface area contributed by atoms with Crippen molar-refractivity contribution < 1.29 is 5.11 Å². The Balaban J connectivity index is 1.83. The molecule has 1 heterocycles. The van der Waals surface area contributed by atoms with E-state index in [1.54, 1.807) is 17.8 Å². The number of hydrogen-bond acceptors (Lipinski definition) is 4. The lowest BCUT2D eigenvalue weighted by Crippen LogP contribution is -2.44. The summed E-state index contributed by atoms with van der Waals surface area (Å²) in [6.07, 6.45) is 10.3. The number of aromatic nitrogens is 2. The quantitative estimate of drug-likeness (QED) is 0.481. The molecule has 26 heavy (non-hydrogen) atoms. The highest BCUT2D eigenvalue weighted by Gasteiger charge is 2.24. The van der Waals surface area contributed by atoms with E-state index in [1.807, 2.05) is 20.2 Å². The Hall–Kier alpha value is -1.60. The Morgan fingerprint density at radius 2 is 2.12 bits per heavy atom. The van der Waals surface area contributed by atoms with Gasteiger partial charge in [-0.05, 0) is 33.7 Å². The average molecular weight is 365 g/mol. The van der Waals surface area contributed by atoms with Crippen molar-refractivity contribution in [3.63, 3.8) is 0 Å². The van der Waals surface area contributed by atoms with Crippen LogP contribution < -0.4 is 10.6 Å². The van der Waals surface area contributed by atoms with Crippen molar-refractivity contribution in [3.05, 3.63) is 18.0 Å². The molecule has 0 aromatic carbocycles. The summed E-state index contributed by atoms with van der Waals surface area (Å²) in [6.45, 7) is 6.73. The number of aliphatic imine (C=N–C) groups is 1. The van der Waals surface area contributed by atoms with E-state index in [1.165, 1.54) is 32.1 Å². The first kappa shape index (κ1) is 20.7. The molecule has 1 aromatic heterocycles. The SMILES string of the molecule is CCNC(=NCC(C)(O)c1cnn(C)c1)NCCN(C)C1CCCCC1. The van der Waals surface area contributed by atoms with Gasteiger partial charge in [-0.25, -0.2) is 4.99 Å². The molecule has 7 heteroatoms. The third-order valence-electron chi connectivity index (χ3n) is 5.17. The van der Waals surface area contributed by atoms with E-state index in [2.05, 4.69) is 32.7 Å². The van der Waals surface area contributed by atoms with E-state index in [-0.39, 0.29) is 6.54 Å². The summed E-state index contributed by atoms with van der Waals surface area (Å²) in [5, 5.41) is 21.4. The Labute approximate surface area is 157 Å². The maximum atomic E-state index is 10.7. The number of aliphatic hydroxyl groups is 1. The molecule has 1 unspecified atom stereocenters. The number of rotatable bonds is 8. The van der Waals surface area contributed by atoms with Gasteiger partial charge in [-0.3, -0.25) is 4.68 Å². The van der Waals surface area contributed by atoms with Gasteiger partial charge < -0.3 is 20.6 Å². The summed E-state index contributed by atoms with van der Waals surface area (Å²) in [6, 6.07) is 0.719. The molecule has 0 amide bonds. The molecule has 1 aromatic rings. The topological polar surface area (TPSA) is 77.7 Å². The molecular weight excluding hydrogens is 328 g/mol. The van der Waals surface area contributed by atoms with Crippen LogP contribution in [0.1, 0.15) is 51.5 Å². The molecule has 0 aliphatic heterocycles. The van der Waals surface area contributed by atoms with Gasteiger partial charge >= 0.3 is 0 Å². The fraction of sp³-hybridized carbons (Fsp3) is 0.789. The molecule has 0 saturated heterocycles. The normalized spacial score (nSPS) is 18.8. The van der Waals surface area contributed by atoms with Gasteiger partial charge in [0.05, 0.1) is 12.7 Å². The van der Waals surface area contributed by atoms with E-state index >= 15 is 0 Å². The molecule has 0 radical (unpaired) electrons. The number of hydrogen-bond donors (Lipinski definition) is 3. The van der Waals surface area contributed by atoms with Crippen molar-refractivity contribution in [1.29, 1.82) is 0 Å². The maximum absolute atomic E-state index is 10.7. The van der Waals surface area contributed by atoms with Crippen LogP contribution >= 0.6 is 0 Å². The zero-order chi connectivity index (χ0) is 19.0. The number of nitrogens with zero attached hydrogens (tertiary/aromatic N) is 4.